The number of carbonyl (C=O) groups is 1. The number of carboxylic acid groups (broad SMARTS) is 1. The van der Waals surface area contributed by atoms with E-state index in [4.69, 9.17) is 5.11 Å². The minimum atomic E-state index is -3.40. The highest BCUT2D eigenvalue weighted by Crippen LogP contribution is 2.21. The van der Waals surface area contributed by atoms with Gasteiger partial charge in [-0.25, -0.2) is 13.2 Å². The van der Waals surface area contributed by atoms with E-state index < -0.39 is 16.0 Å². The quantitative estimate of drug-likeness (QED) is 0.839. The Morgan fingerprint density at radius 3 is 2.25 bits per heavy atom. The first-order valence-corrected chi connectivity index (χ1v) is 6.42. The normalized spacial score (nSPS) is 11.2. The van der Waals surface area contributed by atoms with Crippen molar-refractivity contribution in [3.05, 3.63) is 28.8 Å². The molecular formula is C10H13NO4S. The predicted octanol–water partition coefficient (Wildman–Crippen LogP) is 1.37. The lowest BCUT2D eigenvalue weighted by atomic mass is 10.0. The molecule has 16 heavy (non-hydrogen) atoms. The zero-order valence-electron chi connectivity index (χ0n) is 9.23. The Labute approximate surface area is 94.2 Å². The highest BCUT2D eigenvalue weighted by atomic mass is 32.2. The van der Waals surface area contributed by atoms with Crippen LogP contribution < -0.4 is 4.72 Å². The van der Waals surface area contributed by atoms with Gasteiger partial charge in [-0.05, 0) is 31.0 Å². The van der Waals surface area contributed by atoms with Crippen molar-refractivity contribution in [2.45, 2.75) is 13.8 Å². The van der Waals surface area contributed by atoms with Crippen LogP contribution >= 0.6 is 0 Å². The molecule has 1 aromatic rings. The van der Waals surface area contributed by atoms with Gasteiger partial charge in [-0.15, -0.1) is 0 Å². The number of hydrogen-bond acceptors (Lipinski definition) is 3. The first-order chi connectivity index (χ1) is 7.20. The SMILES string of the molecule is Cc1cc(C)c(C(=O)O)cc1NS(C)(=O)=O. The van der Waals surface area contributed by atoms with Gasteiger partial charge in [0.2, 0.25) is 10.0 Å². The van der Waals surface area contributed by atoms with Crippen LogP contribution in [0.2, 0.25) is 0 Å². The highest BCUT2D eigenvalue weighted by molar-refractivity contribution is 7.92. The molecule has 0 aliphatic carbocycles. The summed E-state index contributed by atoms with van der Waals surface area (Å²) in [6.45, 7) is 3.38. The number of aryl methyl sites for hydroxylation is 2. The van der Waals surface area contributed by atoms with E-state index >= 15 is 0 Å². The molecule has 0 atom stereocenters. The molecule has 0 bridgehead atoms. The molecule has 88 valence electrons. The topological polar surface area (TPSA) is 83.5 Å². The number of rotatable bonds is 3. The standard InChI is InChI=1S/C10H13NO4S/c1-6-4-7(2)9(11-16(3,14)15)5-8(6)10(12)13/h4-5,11H,1-3H3,(H,12,13). The van der Waals surface area contributed by atoms with E-state index in [2.05, 4.69) is 4.72 Å². The van der Waals surface area contributed by atoms with Crippen molar-refractivity contribution in [1.82, 2.24) is 0 Å². The summed E-state index contributed by atoms with van der Waals surface area (Å²) in [7, 11) is -3.40. The Morgan fingerprint density at radius 1 is 1.25 bits per heavy atom. The van der Waals surface area contributed by atoms with Crippen molar-refractivity contribution < 1.29 is 18.3 Å². The fourth-order valence-electron chi connectivity index (χ4n) is 1.39. The molecule has 2 N–H and O–H groups in total. The van der Waals surface area contributed by atoms with Crippen LogP contribution in [0.15, 0.2) is 12.1 Å². The fourth-order valence-corrected chi connectivity index (χ4v) is 2.01. The van der Waals surface area contributed by atoms with E-state index in [0.29, 0.717) is 16.8 Å². The Hall–Kier alpha value is -1.56. The summed E-state index contributed by atoms with van der Waals surface area (Å²) in [5.74, 6) is -1.07. The van der Waals surface area contributed by atoms with Crippen LogP contribution in [0.4, 0.5) is 5.69 Å². The van der Waals surface area contributed by atoms with Crippen LogP contribution in [-0.2, 0) is 10.0 Å². The van der Waals surface area contributed by atoms with Gasteiger partial charge in [0.05, 0.1) is 17.5 Å². The lowest BCUT2D eigenvalue weighted by molar-refractivity contribution is 0.0696. The van der Waals surface area contributed by atoms with Crippen molar-refractivity contribution in [3.63, 3.8) is 0 Å². The van der Waals surface area contributed by atoms with Crippen molar-refractivity contribution >= 4 is 21.7 Å². The van der Waals surface area contributed by atoms with Crippen molar-refractivity contribution in [1.29, 1.82) is 0 Å². The smallest absolute Gasteiger partial charge is 0.336 e. The average molecular weight is 243 g/mol. The lowest BCUT2D eigenvalue weighted by Crippen LogP contribution is -2.12. The van der Waals surface area contributed by atoms with Crippen LogP contribution in [0.5, 0.6) is 0 Å². The second kappa shape index (κ2) is 4.13. The largest absolute Gasteiger partial charge is 0.478 e. The molecule has 1 rings (SSSR count). The molecule has 0 spiro atoms. The summed E-state index contributed by atoms with van der Waals surface area (Å²) < 4.78 is 24.4. The average Bonchev–Trinajstić information content (AvgIpc) is 2.07. The van der Waals surface area contributed by atoms with E-state index in [9.17, 15) is 13.2 Å². The van der Waals surface area contributed by atoms with E-state index in [1.165, 1.54) is 6.07 Å². The van der Waals surface area contributed by atoms with E-state index in [1.807, 2.05) is 0 Å². The molecule has 0 saturated carbocycles. The molecule has 0 saturated heterocycles. The first-order valence-electron chi connectivity index (χ1n) is 4.53. The second-order valence-corrected chi connectivity index (χ2v) is 5.41. The van der Waals surface area contributed by atoms with Gasteiger partial charge < -0.3 is 5.11 Å². The Morgan fingerprint density at radius 2 is 1.81 bits per heavy atom. The van der Waals surface area contributed by atoms with Crippen LogP contribution in [0, 0.1) is 13.8 Å². The third-order valence-corrected chi connectivity index (χ3v) is 2.69. The minimum Gasteiger partial charge on any atom is -0.478 e. The number of nitrogens with one attached hydrogen (secondary N) is 1. The Balaban J connectivity index is 3.31. The van der Waals surface area contributed by atoms with E-state index in [0.717, 1.165) is 6.26 Å². The molecule has 0 amide bonds. The molecular weight excluding hydrogens is 230 g/mol. The van der Waals surface area contributed by atoms with Crippen molar-refractivity contribution in [3.8, 4) is 0 Å². The molecule has 0 radical (unpaired) electrons. The number of hydrogen-bond donors (Lipinski definition) is 2. The molecule has 5 nitrogen and oxygen atoms in total. The van der Waals surface area contributed by atoms with Crippen LogP contribution in [0.3, 0.4) is 0 Å². The molecule has 0 aliphatic heterocycles. The summed E-state index contributed by atoms with van der Waals surface area (Å²) in [6.07, 6.45) is 1.02. The predicted molar refractivity (Wildman–Crippen MR) is 61.3 cm³/mol. The number of benzene rings is 1. The van der Waals surface area contributed by atoms with Crippen LogP contribution in [0.1, 0.15) is 21.5 Å². The summed E-state index contributed by atoms with van der Waals surface area (Å²) in [5.41, 5.74) is 1.68. The molecule has 0 aromatic heterocycles. The third-order valence-electron chi connectivity index (χ3n) is 2.10. The van der Waals surface area contributed by atoms with Gasteiger partial charge in [0.15, 0.2) is 0 Å². The number of sulfonamides is 1. The van der Waals surface area contributed by atoms with Gasteiger partial charge in [0.1, 0.15) is 0 Å². The van der Waals surface area contributed by atoms with E-state index in [-0.39, 0.29) is 5.56 Å². The number of carboxylic acids is 1. The maximum atomic E-state index is 11.1. The summed E-state index contributed by atoms with van der Waals surface area (Å²) in [5, 5.41) is 8.90. The Kier molecular flexibility index (Phi) is 3.23. The highest BCUT2D eigenvalue weighted by Gasteiger charge is 2.12. The lowest BCUT2D eigenvalue weighted by Gasteiger charge is -2.10. The van der Waals surface area contributed by atoms with Gasteiger partial charge >= 0.3 is 5.97 Å². The summed E-state index contributed by atoms with van der Waals surface area (Å²) in [6, 6.07) is 2.96. The molecule has 6 heteroatoms. The monoisotopic (exact) mass is 243 g/mol. The zero-order chi connectivity index (χ0) is 12.5. The zero-order valence-corrected chi connectivity index (χ0v) is 10.1. The summed E-state index contributed by atoms with van der Waals surface area (Å²) >= 11 is 0. The van der Waals surface area contributed by atoms with E-state index in [1.54, 1.807) is 19.9 Å². The van der Waals surface area contributed by atoms with Crippen molar-refractivity contribution in [2.24, 2.45) is 0 Å². The van der Waals surface area contributed by atoms with Crippen LogP contribution in [0.25, 0.3) is 0 Å². The second-order valence-electron chi connectivity index (χ2n) is 3.66. The number of anilines is 1. The third kappa shape index (κ3) is 2.96. The minimum absolute atomic E-state index is 0.0942. The maximum absolute atomic E-state index is 11.1. The Bertz CT molecular complexity index is 534. The van der Waals surface area contributed by atoms with Gasteiger partial charge in [0.25, 0.3) is 0 Å². The molecule has 0 heterocycles. The molecule has 0 unspecified atom stereocenters. The fraction of sp³-hybridized carbons (Fsp3) is 0.300. The molecule has 0 fully saturated rings. The van der Waals surface area contributed by atoms with Gasteiger partial charge in [-0.1, -0.05) is 6.07 Å². The van der Waals surface area contributed by atoms with Gasteiger partial charge in [0, 0.05) is 0 Å². The first kappa shape index (κ1) is 12.5. The summed E-state index contributed by atoms with van der Waals surface area (Å²) in [4.78, 5) is 10.9. The number of aromatic carboxylic acids is 1. The van der Waals surface area contributed by atoms with Crippen LogP contribution in [-0.4, -0.2) is 25.7 Å². The van der Waals surface area contributed by atoms with Crippen molar-refractivity contribution in [2.75, 3.05) is 11.0 Å². The molecule has 0 aliphatic rings. The van der Waals surface area contributed by atoms with Gasteiger partial charge in [-0.3, -0.25) is 4.72 Å². The maximum Gasteiger partial charge on any atom is 0.336 e. The molecule has 1 aromatic carbocycles. The van der Waals surface area contributed by atoms with Gasteiger partial charge in [-0.2, -0.15) is 0 Å².